The van der Waals surface area contributed by atoms with Crippen molar-refractivity contribution in [3.05, 3.63) is 101 Å². The summed E-state index contributed by atoms with van der Waals surface area (Å²) < 4.78 is 25.1. The minimum absolute atomic E-state index is 0.0161. The molecular weight excluding hydrogens is 509 g/mol. The number of hydrogen-bond donors (Lipinski definition) is 1. The molecule has 0 radical (unpaired) electrons. The maximum Gasteiger partial charge on any atom is 0.295 e. The monoisotopic (exact) mass is 545 g/mol. The lowest BCUT2D eigenvalue weighted by Gasteiger charge is -2.26. The molecule has 1 N–H and O–H groups in total. The van der Waals surface area contributed by atoms with Crippen LogP contribution in [0.4, 0.5) is 4.39 Å². The van der Waals surface area contributed by atoms with Gasteiger partial charge in [0.15, 0.2) is 0 Å². The molecule has 0 spiro atoms. The van der Waals surface area contributed by atoms with Crippen molar-refractivity contribution in [1.82, 2.24) is 4.90 Å². The topological polar surface area (TPSA) is 76.1 Å². The zero-order valence-electron chi connectivity index (χ0n) is 23.2. The van der Waals surface area contributed by atoms with Gasteiger partial charge in [0.25, 0.3) is 11.7 Å². The smallest absolute Gasteiger partial charge is 0.295 e. The molecule has 1 atom stereocenters. The van der Waals surface area contributed by atoms with Crippen molar-refractivity contribution in [2.45, 2.75) is 58.6 Å². The summed E-state index contributed by atoms with van der Waals surface area (Å²) in [6, 6.07) is 19.3. The maximum atomic E-state index is 13.4. The van der Waals surface area contributed by atoms with Crippen LogP contribution in [-0.2, 0) is 16.0 Å². The summed E-state index contributed by atoms with van der Waals surface area (Å²) in [7, 11) is 0. The molecule has 1 fully saturated rings. The Balaban J connectivity index is 1.69. The van der Waals surface area contributed by atoms with E-state index in [0.29, 0.717) is 35.7 Å². The molecule has 1 saturated heterocycles. The average molecular weight is 546 g/mol. The van der Waals surface area contributed by atoms with Crippen LogP contribution in [0.3, 0.4) is 0 Å². The summed E-state index contributed by atoms with van der Waals surface area (Å²) in [5, 5.41) is 11.4. The molecule has 7 heteroatoms. The van der Waals surface area contributed by atoms with Gasteiger partial charge in [0.2, 0.25) is 0 Å². The Morgan fingerprint density at radius 1 is 0.975 bits per heavy atom. The number of carbonyl (C=O) groups excluding carboxylic acids is 2. The molecule has 0 saturated carbocycles. The summed E-state index contributed by atoms with van der Waals surface area (Å²) >= 11 is 0. The summed E-state index contributed by atoms with van der Waals surface area (Å²) in [6.07, 6.45) is 3.49. The lowest BCUT2D eigenvalue weighted by Crippen LogP contribution is -2.31. The van der Waals surface area contributed by atoms with Gasteiger partial charge in [-0.25, -0.2) is 4.39 Å². The fourth-order valence-corrected chi connectivity index (χ4v) is 4.79. The molecule has 6 nitrogen and oxygen atoms in total. The molecular formula is C33H36FNO5. The van der Waals surface area contributed by atoms with E-state index in [0.717, 1.165) is 24.8 Å². The highest BCUT2D eigenvalue weighted by Crippen LogP contribution is 2.40. The highest BCUT2D eigenvalue weighted by atomic mass is 19.1. The van der Waals surface area contributed by atoms with Gasteiger partial charge in [-0.1, -0.05) is 44.0 Å². The van der Waals surface area contributed by atoms with E-state index in [-0.39, 0.29) is 29.8 Å². The Hall–Kier alpha value is -4.13. The van der Waals surface area contributed by atoms with Crippen LogP contribution >= 0.6 is 0 Å². The van der Waals surface area contributed by atoms with Crippen LogP contribution in [0, 0.1) is 5.82 Å². The number of nitrogens with zero attached hydrogens (tertiary/aromatic N) is 1. The van der Waals surface area contributed by atoms with Gasteiger partial charge in [0, 0.05) is 12.1 Å². The fourth-order valence-electron chi connectivity index (χ4n) is 4.79. The normalized spacial score (nSPS) is 16.5. The number of ether oxygens (including phenoxy) is 2. The fraction of sp³-hybridized carbons (Fsp3) is 0.333. The van der Waals surface area contributed by atoms with E-state index in [9.17, 15) is 19.1 Å². The highest BCUT2D eigenvalue weighted by Gasteiger charge is 2.46. The van der Waals surface area contributed by atoms with Crippen molar-refractivity contribution in [1.29, 1.82) is 0 Å². The third kappa shape index (κ3) is 6.89. The van der Waals surface area contributed by atoms with E-state index in [1.807, 2.05) is 26.0 Å². The number of likely N-dealkylation sites (tertiary alicyclic amines) is 1. The predicted octanol–water partition coefficient (Wildman–Crippen LogP) is 6.85. The van der Waals surface area contributed by atoms with Crippen molar-refractivity contribution in [3.63, 3.8) is 0 Å². The molecule has 1 unspecified atom stereocenters. The van der Waals surface area contributed by atoms with Crippen molar-refractivity contribution < 1.29 is 28.6 Å². The maximum absolute atomic E-state index is 13.4. The van der Waals surface area contributed by atoms with Crippen LogP contribution in [0.15, 0.2) is 78.4 Å². The first kappa shape index (κ1) is 28.9. The number of carbonyl (C=O) groups is 2. The Labute approximate surface area is 235 Å². The van der Waals surface area contributed by atoms with Crippen molar-refractivity contribution in [2.24, 2.45) is 0 Å². The van der Waals surface area contributed by atoms with E-state index in [1.54, 1.807) is 48.5 Å². The lowest BCUT2D eigenvalue weighted by molar-refractivity contribution is -0.139. The van der Waals surface area contributed by atoms with Gasteiger partial charge in [-0.15, -0.1) is 0 Å². The minimum Gasteiger partial charge on any atom is -0.507 e. The largest absolute Gasteiger partial charge is 0.507 e. The number of aliphatic hydroxyl groups excluding tert-OH is 1. The number of benzene rings is 3. The Morgan fingerprint density at radius 3 is 2.38 bits per heavy atom. The second-order valence-electron chi connectivity index (χ2n) is 10.2. The number of hydrogen-bond acceptors (Lipinski definition) is 5. The molecule has 0 aromatic heterocycles. The molecule has 1 amide bonds. The van der Waals surface area contributed by atoms with Crippen LogP contribution in [-0.4, -0.2) is 41.0 Å². The van der Waals surface area contributed by atoms with E-state index in [2.05, 4.69) is 6.92 Å². The molecule has 1 aliphatic heterocycles. The number of Topliss-reactive ketones (excluding diaryl/α,β-unsaturated/α-hetero) is 1. The number of amides is 1. The average Bonchev–Trinajstić information content (AvgIpc) is 3.20. The third-order valence-corrected chi connectivity index (χ3v) is 6.78. The first-order chi connectivity index (χ1) is 19.3. The number of aliphatic hydroxyl groups is 1. The van der Waals surface area contributed by atoms with Crippen molar-refractivity contribution in [3.8, 4) is 11.5 Å². The van der Waals surface area contributed by atoms with Gasteiger partial charge in [0.05, 0.1) is 24.3 Å². The highest BCUT2D eigenvalue weighted by molar-refractivity contribution is 6.46. The molecule has 3 aromatic rings. The lowest BCUT2D eigenvalue weighted by atomic mass is 9.95. The Kier molecular flexibility index (Phi) is 9.59. The van der Waals surface area contributed by atoms with Gasteiger partial charge in [0.1, 0.15) is 23.1 Å². The molecule has 3 aromatic carbocycles. The number of rotatable bonds is 12. The summed E-state index contributed by atoms with van der Waals surface area (Å²) in [5.74, 6) is -0.774. The van der Waals surface area contributed by atoms with Crippen LogP contribution in [0.25, 0.3) is 5.76 Å². The van der Waals surface area contributed by atoms with Gasteiger partial charge in [-0.2, -0.15) is 0 Å². The minimum atomic E-state index is -0.818. The van der Waals surface area contributed by atoms with Gasteiger partial charge in [-0.05, 0) is 86.3 Å². The molecule has 210 valence electrons. The quantitative estimate of drug-likeness (QED) is 0.117. The number of ketones is 1. The first-order valence-electron chi connectivity index (χ1n) is 13.8. The number of unbranched alkanes of at least 4 members (excludes halogenated alkanes) is 2. The third-order valence-electron chi connectivity index (χ3n) is 6.78. The van der Waals surface area contributed by atoms with E-state index in [1.165, 1.54) is 17.0 Å². The summed E-state index contributed by atoms with van der Waals surface area (Å²) in [4.78, 5) is 28.2. The summed E-state index contributed by atoms with van der Waals surface area (Å²) in [6.45, 7) is 6.77. The molecule has 40 heavy (non-hydrogen) atoms. The second kappa shape index (κ2) is 13.3. The SMILES string of the molecule is CCCCCOc1ccc(/C(O)=C2/C(=O)C(=O)N(CCc3ccc(F)cc3)C2c2cccc(OC(C)C)c2)cc1. The van der Waals surface area contributed by atoms with Gasteiger partial charge < -0.3 is 19.5 Å². The zero-order chi connectivity index (χ0) is 28.6. The molecule has 0 aliphatic carbocycles. The van der Waals surface area contributed by atoms with E-state index < -0.39 is 17.7 Å². The van der Waals surface area contributed by atoms with Crippen LogP contribution in [0.1, 0.15) is 62.8 Å². The molecule has 4 rings (SSSR count). The second-order valence-corrected chi connectivity index (χ2v) is 10.2. The standard InChI is InChI=1S/C33H36FNO5/c1-4-5-6-20-39-27-16-12-24(13-17-27)31(36)29-30(25-8-7-9-28(21-25)40-22(2)3)35(33(38)32(29)37)19-18-23-10-14-26(34)15-11-23/h7-17,21-22,30,36H,4-6,18-20H2,1-3H3/b31-29-. The Bertz CT molecular complexity index is 1350. The molecule has 1 heterocycles. The molecule has 0 bridgehead atoms. The van der Waals surface area contributed by atoms with Crippen LogP contribution in [0.2, 0.25) is 0 Å². The van der Waals surface area contributed by atoms with Gasteiger partial charge >= 0.3 is 0 Å². The number of halogens is 1. The Morgan fingerprint density at radius 2 is 1.70 bits per heavy atom. The van der Waals surface area contributed by atoms with Crippen molar-refractivity contribution in [2.75, 3.05) is 13.2 Å². The summed E-state index contributed by atoms with van der Waals surface area (Å²) in [5.41, 5.74) is 1.90. The predicted molar refractivity (Wildman–Crippen MR) is 153 cm³/mol. The van der Waals surface area contributed by atoms with Gasteiger partial charge in [-0.3, -0.25) is 9.59 Å². The first-order valence-corrected chi connectivity index (χ1v) is 13.8. The molecule has 1 aliphatic rings. The van der Waals surface area contributed by atoms with E-state index >= 15 is 0 Å². The van der Waals surface area contributed by atoms with Crippen LogP contribution < -0.4 is 9.47 Å². The zero-order valence-corrected chi connectivity index (χ0v) is 23.2. The van der Waals surface area contributed by atoms with E-state index in [4.69, 9.17) is 9.47 Å². The van der Waals surface area contributed by atoms with Crippen LogP contribution in [0.5, 0.6) is 11.5 Å². The van der Waals surface area contributed by atoms with Crippen molar-refractivity contribution >= 4 is 17.4 Å².